The lowest BCUT2D eigenvalue weighted by atomic mass is 10.0. The van der Waals surface area contributed by atoms with Gasteiger partial charge in [-0.1, -0.05) is 6.07 Å². The fraction of sp³-hybridized carbons (Fsp3) is 0.357. The Balaban J connectivity index is 2.01. The van der Waals surface area contributed by atoms with Gasteiger partial charge in [-0.2, -0.15) is 5.10 Å². The van der Waals surface area contributed by atoms with Gasteiger partial charge in [-0.05, 0) is 18.1 Å². The molecule has 0 bridgehead atoms. The van der Waals surface area contributed by atoms with E-state index >= 15 is 0 Å². The number of amides is 1. The number of rotatable bonds is 2. The largest absolute Gasteiger partial charge is 0.369 e. The number of hydrogen-bond donors (Lipinski definition) is 1. The number of hydrogen-bond acceptors (Lipinski definition) is 4. The van der Waals surface area contributed by atoms with Crippen molar-refractivity contribution < 1.29 is 4.79 Å². The molecule has 2 aromatic heterocycles. The lowest BCUT2D eigenvalue weighted by molar-refractivity contribution is 0.0828. The number of anilines is 1. The number of nitrogens with one attached hydrogen (secondary N) is 1. The van der Waals surface area contributed by atoms with Crippen molar-refractivity contribution in [3.63, 3.8) is 0 Å². The van der Waals surface area contributed by atoms with E-state index in [1.165, 1.54) is 0 Å². The van der Waals surface area contributed by atoms with Crippen LogP contribution in [0.15, 0.2) is 30.7 Å². The molecule has 20 heavy (non-hydrogen) atoms. The van der Waals surface area contributed by atoms with E-state index in [1.54, 1.807) is 31.4 Å². The monoisotopic (exact) mass is 271 g/mol. The molecule has 0 saturated heterocycles. The molecule has 6 heteroatoms. The molecule has 3 rings (SSSR count). The van der Waals surface area contributed by atoms with Crippen LogP contribution >= 0.6 is 0 Å². The van der Waals surface area contributed by atoms with Gasteiger partial charge in [0.05, 0.1) is 12.2 Å². The smallest absolute Gasteiger partial charge is 0.258 e. The van der Waals surface area contributed by atoms with Crippen molar-refractivity contribution in [1.82, 2.24) is 19.7 Å². The Hall–Kier alpha value is -2.37. The second kappa shape index (κ2) is 4.96. The molecular weight excluding hydrogens is 254 g/mol. The highest BCUT2D eigenvalue weighted by Crippen LogP contribution is 2.31. The maximum absolute atomic E-state index is 12.1. The highest BCUT2D eigenvalue weighted by molar-refractivity contribution is 5.98. The van der Waals surface area contributed by atoms with Crippen molar-refractivity contribution in [1.29, 1.82) is 0 Å². The van der Waals surface area contributed by atoms with Crippen molar-refractivity contribution in [2.24, 2.45) is 0 Å². The minimum atomic E-state index is -0.0365. The van der Waals surface area contributed by atoms with E-state index in [4.69, 9.17) is 0 Å². The summed E-state index contributed by atoms with van der Waals surface area (Å²) >= 11 is 0. The van der Waals surface area contributed by atoms with E-state index in [0.717, 1.165) is 24.3 Å². The third-order valence-corrected chi connectivity index (χ3v) is 3.51. The molecule has 0 saturated carbocycles. The lowest BCUT2D eigenvalue weighted by Crippen LogP contribution is -2.27. The van der Waals surface area contributed by atoms with Gasteiger partial charge in [0.15, 0.2) is 0 Å². The van der Waals surface area contributed by atoms with E-state index in [1.807, 2.05) is 23.0 Å². The van der Waals surface area contributed by atoms with Crippen molar-refractivity contribution >= 4 is 11.7 Å². The third kappa shape index (κ3) is 2.03. The summed E-state index contributed by atoms with van der Waals surface area (Å²) in [5.41, 5.74) is 1.73. The summed E-state index contributed by atoms with van der Waals surface area (Å²) in [7, 11) is 3.49. The molecule has 0 aromatic carbocycles. The molecule has 0 spiro atoms. The van der Waals surface area contributed by atoms with E-state index in [-0.39, 0.29) is 11.9 Å². The number of fused-ring (bicyclic) bond motifs is 1. The summed E-state index contributed by atoms with van der Waals surface area (Å²) in [5.74, 6) is 0.759. The summed E-state index contributed by atoms with van der Waals surface area (Å²) in [6.45, 7) is 0.818. The molecule has 6 nitrogen and oxygen atoms in total. The Morgan fingerprint density at radius 1 is 1.45 bits per heavy atom. The molecule has 0 fully saturated rings. The second-order valence-corrected chi connectivity index (χ2v) is 5.07. The molecule has 1 amide bonds. The van der Waals surface area contributed by atoms with Crippen LogP contribution in [0.5, 0.6) is 0 Å². The summed E-state index contributed by atoms with van der Waals surface area (Å²) < 4.78 is 1.89. The first-order chi connectivity index (χ1) is 9.68. The number of aromatic nitrogens is 3. The first kappa shape index (κ1) is 12.7. The van der Waals surface area contributed by atoms with Crippen LogP contribution in [0.4, 0.5) is 5.82 Å². The van der Waals surface area contributed by atoms with E-state index in [0.29, 0.717) is 5.56 Å². The standard InChI is InChI=1S/C14H17N5O/c1-18(2)14(20)11-9-17-19-12(5-7-16-13(11)19)10-4-3-6-15-8-10/h3-4,6,8-9,12,16H,5,7H2,1-2H3. The molecule has 3 heterocycles. The Kier molecular flexibility index (Phi) is 3.14. The summed E-state index contributed by atoms with van der Waals surface area (Å²) in [6, 6.07) is 4.09. The Morgan fingerprint density at radius 2 is 2.30 bits per heavy atom. The van der Waals surface area contributed by atoms with Gasteiger partial charge in [0, 0.05) is 33.0 Å². The SMILES string of the molecule is CN(C)C(=O)c1cnn2c1NCCC2c1cccnc1. The van der Waals surface area contributed by atoms with Crippen LogP contribution in [0.2, 0.25) is 0 Å². The average molecular weight is 271 g/mol. The number of pyridine rings is 1. The van der Waals surface area contributed by atoms with Gasteiger partial charge < -0.3 is 10.2 Å². The first-order valence-electron chi connectivity index (χ1n) is 6.61. The molecule has 1 aliphatic rings. The summed E-state index contributed by atoms with van der Waals surface area (Å²) in [5, 5.41) is 7.68. The first-order valence-corrected chi connectivity index (χ1v) is 6.61. The number of carbonyl (C=O) groups is 1. The maximum Gasteiger partial charge on any atom is 0.258 e. The van der Waals surface area contributed by atoms with Crippen LogP contribution in [0.1, 0.15) is 28.4 Å². The van der Waals surface area contributed by atoms with E-state index in [9.17, 15) is 4.79 Å². The highest BCUT2D eigenvalue weighted by atomic mass is 16.2. The van der Waals surface area contributed by atoms with Crippen molar-refractivity contribution in [2.45, 2.75) is 12.5 Å². The van der Waals surface area contributed by atoms with Crippen LogP contribution in [0.3, 0.4) is 0 Å². The highest BCUT2D eigenvalue weighted by Gasteiger charge is 2.27. The molecule has 2 aromatic rings. The molecule has 104 valence electrons. The normalized spacial score (nSPS) is 17.2. The van der Waals surface area contributed by atoms with Crippen molar-refractivity contribution in [2.75, 3.05) is 26.0 Å². The maximum atomic E-state index is 12.1. The summed E-state index contributed by atoms with van der Waals surface area (Å²) in [4.78, 5) is 17.9. The van der Waals surface area contributed by atoms with Crippen molar-refractivity contribution in [3.05, 3.63) is 41.9 Å². The van der Waals surface area contributed by atoms with E-state index < -0.39 is 0 Å². The average Bonchev–Trinajstić information content (AvgIpc) is 2.91. The van der Waals surface area contributed by atoms with Crippen LogP contribution in [-0.4, -0.2) is 46.2 Å². The van der Waals surface area contributed by atoms with Crippen molar-refractivity contribution in [3.8, 4) is 0 Å². The second-order valence-electron chi connectivity index (χ2n) is 5.07. The van der Waals surface area contributed by atoms with Crippen LogP contribution in [-0.2, 0) is 0 Å². The topological polar surface area (TPSA) is 63.1 Å². The van der Waals surface area contributed by atoms with Crippen LogP contribution in [0.25, 0.3) is 0 Å². The minimum absolute atomic E-state index is 0.0365. The van der Waals surface area contributed by atoms with Crippen LogP contribution in [0, 0.1) is 0 Å². The zero-order valence-electron chi connectivity index (χ0n) is 11.6. The predicted octanol–water partition coefficient (Wildman–Crippen LogP) is 1.38. The lowest BCUT2D eigenvalue weighted by Gasteiger charge is -2.26. The molecule has 1 unspecified atom stereocenters. The van der Waals surface area contributed by atoms with Gasteiger partial charge in [0.25, 0.3) is 5.91 Å². The van der Waals surface area contributed by atoms with Crippen LogP contribution < -0.4 is 5.32 Å². The summed E-state index contributed by atoms with van der Waals surface area (Å²) in [6.07, 6.45) is 6.18. The zero-order valence-corrected chi connectivity index (χ0v) is 11.6. The Morgan fingerprint density at radius 3 is 3.00 bits per heavy atom. The van der Waals surface area contributed by atoms with Gasteiger partial charge in [0.2, 0.25) is 0 Å². The van der Waals surface area contributed by atoms with Gasteiger partial charge in [0.1, 0.15) is 11.4 Å². The molecule has 0 radical (unpaired) electrons. The number of nitrogens with zero attached hydrogens (tertiary/aromatic N) is 4. The molecular formula is C14H17N5O. The Bertz CT molecular complexity index is 620. The molecule has 1 atom stereocenters. The fourth-order valence-corrected chi connectivity index (χ4v) is 2.50. The molecule has 1 N–H and O–H groups in total. The molecule has 0 aliphatic carbocycles. The van der Waals surface area contributed by atoms with Gasteiger partial charge in [-0.3, -0.25) is 9.78 Å². The zero-order chi connectivity index (χ0) is 14.1. The quantitative estimate of drug-likeness (QED) is 0.896. The Labute approximate surface area is 117 Å². The van der Waals surface area contributed by atoms with Gasteiger partial charge in [-0.25, -0.2) is 4.68 Å². The third-order valence-electron chi connectivity index (χ3n) is 3.51. The van der Waals surface area contributed by atoms with Gasteiger partial charge in [-0.15, -0.1) is 0 Å². The minimum Gasteiger partial charge on any atom is -0.369 e. The molecule has 1 aliphatic heterocycles. The predicted molar refractivity (Wildman–Crippen MR) is 75.7 cm³/mol. The fourth-order valence-electron chi connectivity index (χ4n) is 2.50. The number of carbonyl (C=O) groups excluding carboxylic acids is 1. The van der Waals surface area contributed by atoms with E-state index in [2.05, 4.69) is 15.4 Å². The van der Waals surface area contributed by atoms with Gasteiger partial charge >= 0.3 is 0 Å².